The quantitative estimate of drug-likeness (QED) is 0.759. The first kappa shape index (κ1) is 20.7. The molecule has 1 saturated heterocycles. The molecule has 2 heterocycles. The lowest BCUT2D eigenvalue weighted by atomic mass is 9.78. The van der Waals surface area contributed by atoms with Crippen molar-refractivity contribution in [2.75, 3.05) is 5.75 Å². The number of carboxylic acid groups (broad SMARTS) is 1. The molecule has 1 N–H and O–H groups in total. The minimum absolute atomic E-state index is 0.00242. The Kier molecular flexibility index (Phi) is 6.04. The summed E-state index contributed by atoms with van der Waals surface area (Å²) < 4.78 is 13.6. The largest absolute Gasteiger partial charge is 0.491 e. The number of hydrogen-bond acceptors (Lipinski definition) is 6. The molecule has 0 spiro atoms. The van der Waals surface area contributed by atoms with Crippen LogP contribution in [0.25, 0.3) is 6.08 Å². The molecule has 1 atom stereocenters. The van der Waals surface area contributed by atoms with Crippen LogP contribution in [0.2, 0.25) is 0 Å². The maximum Gasteiger partial charge on any atom is 0.491 e. The minimum Gasteiger partial charge on any atom is -0.480 e. The van der Waals surface area contributed by atoms with Gasteiger partial charge in [-0.05, 0) is 40.1 Å². The van der Waals surface area contributed by atoms with Crippen LogP contribution >= 0.6 is 11.8 Å². The van der Waals surface area contributed by atoms with Crippen molar-refractivity contribution >= 4 is 36.0 Å². The molecule has 1 aromatic rings. The standard InChI is InChI=1S/C17H25BN2O5S/c1-11(15(22)23)20-9-13(8-19-20)7-14(10-26-12(2)21)18-24-16(3,4)17(5,6)25-18/h7-9,11H,10H2,1-6H3,(H,22,23)/t11-/m0/s1. The summed E-state index contributed by atoms with van der Waals surface area (Å²) in [7, 11) is -0.577. The summed E-state index contributed by atoms with van der Waals surface area (Å²) in [6.07, 6.45) is 5.09. The van der Waals surface area contributed by atoms with E-state index in [1.54, 1.807) is 19.3 Å². The summed E-state index contributed by atoms with van der Waals surface area (Å²) in [5.41, 5.74) is 0.553. The zero-order chi connectivity index (χ0) is 19.7. The van der Waals surface area contributed by atoms with Crippen molar-refractivity contribution in [2.24, 2.45) is 0 Å². The Labute approximate surface area is 158 Å². The van der Waals surface area contributed by atoms with Gasteiger partial charge in [-0.2, -0.15) is 5.10 Å². The molecule has 0 unspecified atom stereocenters. The third-order valence-electron chi connectivity index (χ3n) is 4.73. The van der Waals surface area contributed by atoms with Gasteiger partial charge in [-0.25, -0.2) is 4.79 Å². The van der Waals surface area contributed by atoms with Crippen LogP contribution in [-0.2, 0) is 18.9 Å². The third kappa shape index (κ3) is 4.58. The second-order valence-electron chi connectivity index (χ2n) is 7.36. The van der Waals surface area contributed by atoms with Gasteiger partial charge in [0.1, 0.15) is 6.04 Å². The van der Waals surface area contributed by atoms with Gasteiger partial charge in [0.25, 0.3) is 0 Å². The number of aromatic nitrogens is 2. The van der Waals surface area contributed by atoms with Crippen molar-refractivity contribution in [1.82, 2.24) is 9.78 Å². The Morgan fingerprint density at radius 1 is 1.35 bits per heavy atom. The van der Waals surface area contributed by atoms with E-state index >= 15 is 0 Å². The molecule has 1 aromatic heterocycles. The molecule has 1 aliphatic heterocycles. The van der Waals surface area contributed by atoms with E-state index in [-0.39, 0.29) is 5.12 Å². The smallest absolute Gasteiger partial charge is 0.480 e. The number of nitrogens with zero attached hydrogens (tertiary/aromatic N) is 2. The fraction of sp³-hybridized carbons (Fsp3) is 0.588. The lowest BCUT2D eigenvalue weighted by Crippen LogP contribution is -2.41. The Bertz CT molecular complexity index is 712. The molecular weight excluding hydrogens is 355 g/mol. The zero-order valence-electron chi connectivity index (χ0n) is 16.0. The first-order valence-electron chi connectivity index (χ1n) is 8.39. The Morgan fingerprint density at radius 2 is 1.92 bits per heavy atom. The number of aliphatic carboxylic acids is 1. The van der Waals surface area contributed by atoms with Crippen LogP contribution in [0.3, 0.4) is 0 Å². The van der Waals surface area contributed by atoms with Gasteiger partial charge in [0.05, 0.1) is 17.4 Å². The highest BCUT2D eigenvalue weighted by Gasteiger charge is 2.52. The van der Waals surface area contributed by atoms with Crippen molar-refractivity contribution in [3.05, 3.63) is 23.4 Å². The van der Waals surface area contributed by atoms with Gasteiger partial charge in [-0.3, -0.25) is 9.48 Å². The van der Waals surface area contributed by atoms with Crippen molar-refractivity contribution in [2.45, 2.75) is 58.8 Å². The number of carbonyl (C=O) groups is 2. The van der Waals surface area contributed by atoms with E-state index in [9.17, 15) is 9.59 Å². The van der Waals surface area contributed by atoms with Gasteiger partial charge in [0, 0.05) is 24.4 Å². The molecule has 1 fully saturated rings. The van der Waals surface area contributed by atoms with Gasteiger partial charge in [0.15, 0.2) is 5.12 Å². The third-order valence-corrected chi connectivity index (χ3v) is 5.61. The van der Waals surface area contributed by atoms with Crippen LogP contribution in [0.4, 0.5) is 0 Å². The van der Waals surface area contributed by atoms with E-state index in [0.29, 0.717) is 5.75 Å². The summed E-state index contributed by atoms with van der Waals surface area (Å²) in [5, 5.41) is 13.2. The van der Waals surface area contributed by atoms with E-state index in [2.05, 4.69) is 5.10 Å². The Balaban J connectivity index is 2.29. The van der Waals surface area contributed by atoms with Gasteiger partial charge >= 0.3 is 13.1 Å². The van der Waals surface area contributed by atoms with E-state index in [1.165, 1.54) is 23.4 Å². The highest BCUT2D eigenvalue weighted by molar-refractivity contribution is 8.13. The monoisotopic (exact) mass is 380 g/mol. The fourth-order valence-corrected chi connectivity index (χ4v) is 2.91. The average molecular weight is 380 g/mol. The second kappa shape index (κ2) is 7.58. The Morgan fingerprint density at radius 3 is 2.42 bits per heavy atom. The lowest BCUT2D eigenvalue weighted by molar-refractivity contribution is -0.140. The lowest BCUT2D eigenvalue weighted by Gasteiger charge is -2.32. The number of hydrogen-bond donors (Lipinski definition) is 1. The van der Waals surface area contributed by atoms with Gasteiger partial charge in [0.2, 0.25) is 0 Å². The van der Waals surface area contributed by atoms with E-state index in [4.69, 9.17) is 14.4 Å². The highest BCUT2D eigenvalue weighted by Crippen LogP contribution is 2.39. The molecular formula is C17H25BN2O5S. The Hall–Kier alpha value is -1.58. The minimum atomic E-state index is -0.957. The highest BCUT2D eigenvalue weighted by atomic mass is 32.2. The molecule has 9 heteroatoms. The summed E-state index contributed by atoms with van der Waals surface area (Å²) in [6, 6.07) is -0.760. The van der Waals surface area contributed by atoms with Crippen molar-refractivity contribution in [1.29, 1.82) is 0 Å². The van der Waals surface area contributed by atoms with E-state index in [1.807, 2.05) is 33.8 Å². The van der Waals surface area contributed by atoms with Crippen LogP contribution in [0.15, 0.2) is 17.9 Å². The van der Waals surface area contributed by atoms with Crippen LogP contribution in [-0.4, -0.2) is 50.0 Å². The molecule has 26 heavy (non-hydrogen) atoms. The summed E-state index contributed by atoms with van der Waals surface area (Å²) in [4.78, 5) is 22.5. The predicted octanol–water partition coefficient (Wildman–Crippen LogP) is 2.82. The second-order valence-corrected chi connectivity index (χ2v) is 8.51. The van der Waals surface area contributed by atoms with Crippen LogP contribution < -0.4 is 0 Å². The normalized spacial score (nSPS) is 20.2. The topological polar surface area (TPSA) is 90.7 Å². The van der Waals surface area contributed by atoms with Crippen molar-refractivity contribution in [3.63, 3.8) is 0 Å². The maximum atomic E-state index is 11.4. The van der Waals surface area contributed by atoms with Gasteiger partial charge < -0.3 is 14.4 Å². The van der Waals surface area contributed by atoms with Crippen molar-refractivity contribution in [3.8, 4) is 0 Å². The van der Waals surface area contributed by atoms with Gasteiger partial charge in [-0.15, -0.1) is 0 Å². The molecule has 0 aromatic carbocycles. The van der Waals surface area contributed by atoms with Crippen LogP contribution in [0.5, 0.6) is 0 Å². The maximum absolute atomic E-state index is 11.4. The number of carboxylic acids is 1. The van der Waals surface area contributed by atoms with Gasteiger partial charge in [-0.1, -0.05) is 17.8 Å². The molecule has 2 rings (SSSR count). The molecule has 0 aliphatic carbocycles. The first-order valence-corrected chi connectivity index (χ1v) is 9.38. The molecule has 0 amide bonds. The SMILES string of the molecule is CC(=O)SCC(=Cc1cnn([C@@H](C)C(=O)O)c1)B1OC(C)(C)C(C)(C)O1. The molecule has 7 nitrogen and oxygen atoms in total. The summed E-state index contributed by atoms with van der Waals surface area (Å²) in [6.45, 7) is 10.9. The average Bonchev–Trinajstić information content (AvgIpc) is 3.05. The molecule has 0 saturated carbocycles. The molecule has 0 bridgehead atoms. The van der Waals surface area contributed by atoms with Crippen LogP contribution in [0.1, 0.15) is 53.1 Å². The summed E-state index contributed by atoms with van der Waals surface area (Å²) in [5.74, 6) is -0.534. The predicted molar refractivity (Wildman–Crippen MR) is 102 cm³/mol. The van der Waals surface area contributed by atoms with E-state index in [0.717, 1.165) is 11.0 Å². The zero-order valence-corrected chi connectivity index (χ0v) is 16.8. The summed E-state index contributed by atoms with van der Waals surface area (Å²) >= 11 is 1.18. The fourth-order valence-electron chi connectivity index (χ4n) is 2.32. The van der Waals surface area contributed by atoms with E-state index < -0.39 is 30.3 Å². The molecule has 142 valence electrons. The van der Waals surface area contributed by atoms with Crippen molar-refractivity contribution < 1.29 is 24.0 Å². The molecule has 1 aliphatic rings. The molecule has 0 radical (unpaired) electrons. The number of carbonyl (C=O) groups excluding carboxylic acids is 1. The number of rotatable bonds is 6. The number of thioether (sulfide) groups is 1. The van der Waals surface area contributed by atoms with Crippen LogP contribution in [0, 0.1) is 0 Å². The first-order chi connectivity index (χ1) is 11.9.